The molecule has 2 atom stereocenters. The number of carbonyl (C=O) groups is 1. The fourth-order valence-electron chi connectivity index (χ4n) is 2.47. The summed E-state index contributed by atoms with van der Waals surface area (Å²) in [6.07, 6.45) is 0.0938. The standard InChI is InChI=1S/C12H11F2NO/c13-12(14)6-9(12)8-5-11(16)15-10-4-2-1-3-7(8)10/h1-4,8-9H,5-6H2,(H,15,16)/t8-,9-/m1/s1. The summed E-state index contributed by atoms with van der Waals surface area (Å²) in [5, 5.41) is 2.72. The van der Waals surface area contributed by atoms with Crippen LogP contribution in [0.3, 0.4) is 0 Å². The first-order chi connectivity index (χ1) is 7.58. The van der Waals surface area contributed by atoms with Crippen LogP contribution in [0.5, 0.6) is 0 Å². The lowest BCUT2D eigenvalue weighted by atomic mass is 9.86. The number of rotatable bonds is 1. The molecular formula is C12H11F2NO. The Hall–Kier alpha value is -1.45. The summed E-state index contributed by atoms with van der Waals surface area (Å²) < 4.78 is 26.1. The Kier molecular flexibility index (Phi) is 1.85. The maximum Gasteiger partial charge on any atom is 0.252 e. The molecule has 1 N–H and O–H groups in total. The molecule has 0 spiro atoms. The van der Waals surface area contributed by atoms with E-state index >= 15 is 0 Å². The molecule has 2 aliphatic rings. The van der Waals surface area contributed by atoms with Gasteiger partial charge in [0.2, 0.25) is 5.91 Å². The Bertz CT molecular complexity index is 458. The molecule has 2 nitrogen and oxygen atoms in total. The minimum absolute atomic E-state index is 0.0840. The predicted octanol–water partition coefficient (Wildman–Crippen LogP) is 2.77. The second kappa shape index (κ2) is 3.03. The number of hydrogen-bond donors (Lipinski definition) is 1. The maximum atomic E-state index is 13.1. The minimum Gasteiger partial charge on any atom is -0.326 e. The second-order valence-electron chi connectivity index (χ2n) is 4.52. The van der Waals surface area contributed by atoms with Gasteiger partial charge in [-0.15, -0.1) is 0 Å². The van der Waals surface area contributed by atoms with E-state index in [1.54, 1.807) is 12.1 Å². The first-order valence-corrected chi connectivity index (χ1v) is 5.34. The average Bonchev–Trinajstić information content (AvgIpc) is 2.86. The third kappa shape index (κ3) is 1.40. The summed E-state index contributed by atoms with van der Waals surface area (Å²) in [5.74, 6) is -3.71. The molecule has 3 rings (SSSR count). The second-order valence-corrected chi connectivity index (χ2v) is 4.52. The number of fused-ring (bicyclic) bond motifs is 1. The maximum absolute atomic E-state index is 13.1. The quantitative estimate of drug-likeness (QED) is 0.779. The van der Waals surface area contributed by atoms with Crippen LogP contribution < -0.4 is 5.32 Å². The lowest BCUT2D eigenvalue weighted by Crippen LogP contribution is -2.25. The zero-order chi connectivity index (χ0) is 11.3. The summed E-state index contributed by atoms with van der Waals surface area (Å²) in [6, 6.07) is 7.21. The molecule has 1 fully saturated rings. The average molecular weight is 223 g/mol. The molecule has 0 radical (unpaired) electrons. The van der Waals surface area contributed by atoms with Crippen molar-refractivity contribution < 1.29 is 13.6 Å². The van der Waals surface area contributed by atoms with Crippen LogP contribution in [0.2, 0.25) is 0 Å². The van der Waals surface area contributed by atoms with Crippen molar-refractivity contribution in [2.75, 3.05) is 5.32 Å². The van der Waals surface area contributed by atoms with Crippen LogP contribution in [0.4, 0.5) is 14.5 Å². The molecular weight excluding hydrogens is 212 g/mol. The molecule has 0 aromatic heterocycles. The third-order valence-corrected chi connectivity index (χ3v) is 3.40. The molecule has 4 heteroatoms. The molecule has 84 valence electrons. The van der Waals surface area contributed by atoms with Gasteiger partial charge in [-0.2, -0.15) is 0 Å². The van der Waals surface area contributed by atoms with Crippen LogP contribution in [0.25, 0.3) is 0 Å². The Morgan fingerprint density at radius 2 is 2.00 bits per heavy atom. The Balaban J connectivity index is 1.98. The van der Waals surface area contributed by atoms with E-state index < -0.39 is 11.8 Å². The van der Waals surface area contributed by atoms with Crippen molar-refractivity contribution in [2.45, 2.75) is 24.7 Å². The number of amides is 1. The highest BCUT2D eigenvalue weighted by Gasteiger charge is 2.61. The van der Waals surface area contributed by atoms with E-state index in [1.807, 2.05) is 12.1 Å². The molecule has 0 unspecified atom stereocenters. The van der Waals surface area contributed by atoms with E-state index in [2.05, 4.69) is 5.32 Å². The van der Waals surface area contributed by atoms with Crippen molar-refractivity contribution in [3.63, 3.8) is 0 Å². The molecule has 0 saturated heterocycles. The van der Waals surface area contributed by atoms with Crippen molar-refractivity contribution in [2.24, 2.45) is 5.92 Å². The highest BCUT2D eigenvalue weighted by atomic mass is 19.3. The van der Waals surface area contributed by atoms with E-state index in [1.165, 1.54) is 0 Å². The zero-order valence-corrected chi connectivity index (χ0v) is 8.54. The number of nitrogens with one attached hydrogen (secondary N) is 1. The zero-order valence-electron chi connectivity index (χ0n) is 8.54. The summed E-state index contributed by atoms with van der Waals surface area (Å²) in [7, 11) is 0. The van der Waals surface area contributed by atoms with Gasteiger partial charge in [0.15, 0.2) is 0 Å². The first kappa shape index (κ1) is 9.75. The first-order valence-electron chi connectivity index (χ1n) is 5.34. The van der Waals surface area contributed by atoms with Gasteiger partial charge in [0, 0.05) is 30.4 Å². The predicted molar refractivity (Wildman–Crippen MR) is 55.5 cm³/mol. The summed E-state index contributed by atoms with van der Waals surface area (Å²) >= 11 is 0. The molecule has 1 aromatic carbocycles. The van der Waals surface area contributed by atoms with Crippen molar-refractivity contribution in [1.82, 2.24) is 0 Å². The largest absolute Gasteiger partial charge is 0.326 e. The van der Waals surface area contributed by atoms with Gasteiger partial charge in [0.1, 0.15) is 0 Å². The van der Waals surface area contributed by atoms with E-state index in [0.717, 1.165) is 5.56 Å². The van der Waals surface area contributed by atoms with Crippen LogP contribution >= 0.6 is 0 Å². The van der Waals surface area contributed by atoms with E-state index in [4.69, 9.17) is 0 Å². The van der Waals surface area contributed by atoms with E-state index in [0.29, 0.717) is 5.69 Å². The highest BCUT2D eigenvalue weighted by Crippen LogP contribution is 2.58. The number of benzene rings is 1. The molecule has 1 aromatic rings. The van der Waals surface area contributed by atoms with Crippen molar-refractivity contribution in [1.29, 1.82) is 0 Å². The van der Waals surface area contributed by atoms with E-state index in [-0.39, 0.29) is 24.7 Å². The number of anilines is 1. The molecule has 1 saturated carbocycles. The van der Waals surface area contributed by atoms with Gasteiger partial charge >= 0.3 is 0 Å². The fourth-order valence-corrected chi connectivity index (χ4v) is 2.47. The molecule has 1 aliphatic carbocycles. The van der Waals surface area contributed by atoms with Gasteiger partial charge in [0.05, 0.1) is 0 Å². The smallest absolute Gasteiger partial charge is 0.252 e. The molecule has 1 heterocycles. The van der Waals surface area contributed by atoms with Crippen molar-refractivity contribution in [3.05, 3.63) is 29.8 Å². The van der Waals surface area contributed by atoms with Crippen molar-refractivity contribution in [3.8, 4) is 0 Å². The molecule has 16 heavy (non-hydrogen) atoms. The third-order valence-electron chi connectivity index (χ3n) is 3.40. The summed E-state index contributed by atoms with van der Waals surface area (Å²) in [5.41, 5.74) is 1.54. The van der Waals surface area contributed by atoms with Crippen LogP contribution in [0, 0.1) is 5.92 Å². The summed E-state index contributed by atoms with van der Waals surface area (Å²) in [6.45, 7) is 0. The lowest BCUT2D eigenvalue weighted by Gasteiger charge is -2.25. The Morgan fingerprint density at radius 1 is 1.31 bits per heavy atom. The van der Waals surface area contributed by atoms with Gasteiger partial charge in [-0.1, -0.05) is 18.2 Å². The fraction of sp³-hybridized carbons (Fsp3) is 0.417. The van der Waals surface area contributed by atoms with Gasteiger partial charge in [0.25, 0.3) is 5.92 Å². The van der Waals surface area contributed by atoms with Crippen LogP contribution in [0.15, 0.2) is 24.3 Å². The molecule has 0 bridgehead atoms. The van der Waals surface area contributed by atoms with Crippen LogP contribution in [-0.4, -0.2) is 11.8 Å². The number of alkyl halides is 2. The Labute approximate surface area is 91.7 Å². The lowest BCUT2D eigenvalue weighted by molar-refractivity contribution is -0.117. The minimum atomic E-state index is -2.57. The Morgan fingerprint density at radius 3 is 2.69 bits per heavy atom. The SMILES string of the molecule is O=C1C[C@@H]([C@H]2CC2(F)F)c2ccccc2N1. The van der Waals surface area contributed by atoms with Gasteiger partial charge in [-0.25, -0.2) is 8.78 Å². The van der Waals surface area contributed by atoms with Gasteiger partial charge in [-0.05, 0) is 11.6 Å². The van der Waals surface area contributed by atoms with E-state index in [9.17, 15) is 13.6 Å². The molecule has 1 amide bonds. The van der Waals surface area contributed by atoms with Crippen molar-refractivity contribution >= 4 is 11.6 Å². The highest BCUT2D eigenvalue weighted by molar-refractivity contribution is 5.94. The topological polar surface area (TPSA) is 29.1 Å². The van der Waals surface area contributed by atoms with Gasteiger partial charge < -0.3 is 5.32 Å². The van der Waals surface area contributed by atoms with Crippen LogP contribution in [0.1, 0.15) is 24.3 Å². The number of carbonyl (C=O) groups excluding carboxylic acids is 1. The number of hydrogen-bond acceptors (Lipinski definition) is 1. The monoisotopic (exact) mass is 223 g/mol. The summed E-state index contributed by atoms with van der Waals surface area (Å²) in [4.78, 5) is 11.4. The number of halogens is 2. The molecule has 1 aliphatic heterocycles. The number of para-hydroxylation sites is 1. The van der Waals surface area contributed by atoms with Gasteiger partial charge in [-0.3, -0.25) is 4.79 Å². The van der Waals surface area contributed by atoms with Crippen LogP contribution in [-0.2, 0) is 4.79 Å². The normalized spacial score (nSPS) is 30.5.